The number of aliphatic hydroxyl groups is 1. The van der Waals surface area contributed by atoms with Gasteiger partial charge in [-0.3, -0.25) is 37.3 Å². The van der Waals surface area contributed by atoms with E-state index in [-0.39, 0.29) is 25.7 Å². The first kappa shape index (κ1) is 96.1. The molecule has 0 saturated heterocycles. The van der Waals surface area contributed by atoms with Crippen molar-refractivity contribution in [3.8, 4) is 0 Å². The molecule has 0 saturated carbocycles. The molecule has 0 aromatic heterocycles. The first-order valence-corrected chi connectivity index (χ1v) is 44.0. The molecule has 98 heavy (non-hydrogen) atoms. The topological polar surface area (TPSA) is 237 Å². The lowest BCUT2D eigenvalue weighted by Gasteiger charge is -2.21. The quantitative estimate of drug-likeness (QED) is 0.0222. The van der Waals surface area contributed by atoms with Gasteiger partial charge in [-0.05, 0) is 37.5 Å². The molecule has 6 atom stereocenters. The van der Waals surface area contributed by atoms with Gasteiger partial charge in [0.1, 0.15) is 19.3 Å². The standard InChI is InChI=1S/C79H154O17P2/c1-7-10-12-14-16-18-20-22-24-26-28-29-30-32-34-36-38-40-42-51-57-63-78(83)95-74(67-89-76(81)61-55-49-41-39-37-35-33-31-27-25-23-21-19-17-15-13-11-8-2)69-93-97(85,86)91-65-73(80)66-92-98(87,88)94-70-75(68-90-77(82)62-56-50-45-43-47-53-59-71(4)5)96-79(84)64-58-52-46-44-48-54-60-72(6)9-3/h71-75,80H,7-70H2,1-6H3,(H,85,86)(H,87,88)/t72?,73-,74-,75-/m1/s1. The van der Waals surface area contributed by atoms with Crippen molar-refractivity contribution in [1.82, 2.24) is 0 Å². The average Bonchev–Trinajstić information content (AvgIpc) is 1.01. The fraction of sp³-hybridized carbons (Fsp3) is 0.949. The summed E-state index contributed by atoms with van der Waals surface area (Å²) < 4.78 is 68.5. The van der Waals surface area contributed by atoms with Crippen LogP contribution in [0.5, 0.6) is 0 Å². The molecule has 0 aromatic rings. The Hall–Kier alpha value is -1.94. The van der Waals surface area contributed by atoms with Crippen molar-refractivity contribution in [1.29, 1.82) is 0 Å². The predicted molar refractivity (Wildman–Crippen MR) is 400 cm³/mol. The van der Waals surface area contributed by atoms with Gasteiger partial charge in [-0.2, -0.15) is 0 Å². The van der Waals surface area contributed by atoms with E-state index in [9.17, 15) is 43.2 Å². The normalized spacial score (nSPS) is 14.2. The number of unbranched alkanes of at least 4 members (excludes halogenated alkanes) is 47. The third-order valence-corrected chi connectivity index (χ3v) is 20.7. The number of aliphatic hydroxyl groups excluding tert-OH is 1. The second-order valence-corrected chi connectivity index (χ2v) is 32.1. The Labute approximate surface area is 600 Å². The lowest BCUT2D eigenvalue weighted by Crippen LogP contribution is -2.30. The number of ether oxygens (including phenoxy) is 4. The predicted octanol–water partition coefficient (Wildman–Crippen LogP) is 23.5. The van der Waals surface area contributed by atoms with Crippen LogP contribution in [-0.2, 0) is 65.4 Å². The van der Waals surface area contributed by atoms with E-state index in [1.165, 1.54) is 225 Å². The van der Waals surface area contributed by atoms with Gasteiger partial charge in [0.2, 0.25) is 0 Å². The van der Waals surface area contributed by atoms with Crippen LogP contribution >= 0.6 is 15.6 Å². The molecule has 19 heteroatoms. The summed E-state index contributed by atoms with van der Waals surface area (Å²) in [6, 6.07) is 0. The van der Waals surface area contributed by atoms with Gasteiger partial charge in [-0.25, -0.2) is 9.13 Å². The summed E-state index contributed by atoms with van der Waals surface area (Å²) in [6.45, 7) is 9.47. The van der Waals surface area contributed by atoms with Crippen LogP contribution in [0.2, 0.25) is 0 Å². The summed E-state index contributed by atoms with van der Waals surface area (Å²) in [4.78, 5) is 72.8. The SMILES string of the molecule is CCCCCCCCCCCCCCCCCCCCCCCC(=O)O[C@H](COC(=O)CCCCCCCCCCCCCCCCCCCC)COP(=O)(O)OC[C@@H](O)COP(=O)(O)OC[C@@H](COC(=O)CCCCCCCCC(C)C)OC(=O)CCCCCCCCC(C)CC. The molecule has 0 spiro atoms. The molecule has 582 valence electrons. The minimum atomic E-state index is -4.96. The summed E-state index contributed by atoms with van der Waals surface area (Å²) in [7, 11) is -9.91. The highest BCUT2D eigenvalue weighted by atomic mass is 31.2. The molecule has 0 fully saturated rings. The first-order chi connectivity index (χ1) is 47.4. The van der Waals surface area contributed by atoms with Crippen LogP contribution < -0.4 is 0 Å². The molecule has 0 aliphatic heterocycles. The Morgan fingerprint density at radius 3 is 0.776 bits per heavy atom. The lowest BCUT2D eigenvalue weighted by atomic mass is 10.00. The van der Waals surface area contributed by atoms with Crippen LogP contribution in [0.3, 0.4) is 0 Å². The Kier molecular flexibility index (Phi) is 69.3. The molecule has 17 nitrogen and oxygen atoms in total. The Morgan fingerprint density at radius 2 is 0.520 bits per heavy atom. The average molecular weight is 1440 g/mol. The molecule has 0 bridgehead atoms. The fourth-order valence-electron chi connectivity index (χ4n) is 12.2. The highest BCUT2D eigenvalue weighted by molar-refractivity contribution is 7.47. The first-order valence-electron chi connectivity index (χ1n) is 41.0. The zero-order valence-corrected chi connectivity index (χ0v) is 65.9. The van der Waals surface area contributed by atoms with E-state index in [4.69, 9.17) is 37.0 Å². The van der Waals surface area contributed by atoms with Crippen molar-refractivity contribution in [2.24, 2.45) is 11.8 Å². The maximum absolute atomic E-state index is 13.1. The molecule has 0 rings (SSSR count). The van der Waals surface area contributed by atoms with E-state index in [1.807, 2.05) is 0 Å². The second kappa shape index (κ2) is 70.7. The van der Waals surface area contributed by atoms with E-state index in [0.29, 0.717) is 31.6 Å². The smallest absolute Gasteiger partial charge is 0.462 e. The highest BCUT2D eigenvalue weighted by Gasteiger charge is 2.30. The maximum atomic E-state index is 13.1. The zero-order chi connectivity index (χ0) is 72.1. The summed E-state index contributed by atoms with van der Waals surface area (Å²) in [5, 5.41) is 10.6. The molecule has 0 aliphatic rings. The van der Waals surface area contributed by atoms with Gasteiger partial charge >= 0.3 is 39.5 Å². The Morgan fingerprint density at radius 1 is 0.296 bits per heavy atom. The van der Waals surface area contributed by atoms with Crippen molar-refractivity contribution < 1.29 is 80.2 Å². The van der Waals surface area contributed by atoms with Crippen molar-refractivity contribution in [3.05, 3.63) is 0 Å². The number of phosphoric ester groups is 2. The van der Waals surface area contributed by atoms with Crippen LogP contribution in [0.1, 0.15) is 414 Å². The van der Waals surface area contributed by atoms with E-state index in [0.717, 1.165) is 102 Å². The van der Waals surface area contributed by atoms with Crippen LogP contribution in [0.4, 0.5) is 0 Å². The number of carbonyl (C=O) groups is 4. The van der Waals surface area contributed by atoms with E-state index < -0.39 is 97.5 Å². The van der Waals surface area contributed by atoms with Gasteiger partial charge in [0.25, 0.3) is 0 Å². The number of esters is 4. The van der Waals surface area contributed by atoms with Crippen molar-refractivity contribution in [3.63, 3.8) is 0 Å². The van der Waals surface area contributed by atoms with Crippen molar-refractivity contribution >= 4 is 39.5 Å². The van der Waals surface area contributed by atoms with Gasteiger partial charge in [0.05, 0.1) is 26.4 Å². The van der Waals surface area contributed by atoms with Gasteiger partial charge in [0, 0.05) is 25.7 Å². The van der Waals surface area contributed by atoms with E-state index in [2.05, 4.69) is 41.5 Å². The highest BCUT2D eigenvalue weighted by Crippen LogP contribution is 2.45. The Bertz CT molecular complexity index is 1890. The summed E-state index contributed by atoms with van der Waals surface area (Å²) in [5.41, 5.74) is 0. The van der Waals surface area contributed by atoms with Crippen molar-refractivity contribution in [2.75, 3.05) is 39.6 Å². The lowest BCUT2D eigenvalue weighted by molar-refractivity contribution is -0.161. The number of hydrogen-bond acceptors (Lipinski definition) is 15. The van der Waals surface area contributed by atoms with Crippen molar-refractivity contribution in [2.45, 2.75) is 432 Å². The third-order valence-electron chi connectivity index (χ3n) is 18.8. The minimum absolute atomic E-state index is 0.102. The Balaban J connectivity index is 5.18. The third kappa shape index (κ3) is 71.1. The van der Waals surface area contributed by atoms with Gasteiger partial charge < -0.3 is 33.8 Å². The largest absolute Gasteiger partial charge is 0.472 e. The molecule has 3 N–H and O–H groups in total. The molecule has 3 unspecified atom stereocenters. The molecule has 0 amide bonds. The fourth-order valence-corrected chi connectivity index (χ4v) is 13.7. The number of rotatable bonds is 78. The zero-order valence-electron chi connectivity index (χ0n) is 64.1. The van der Waals surface area contributed by atoms with E-state index >= 15 is 0 Å². The molecule has 0 radical (unpaired) electrons. The van der Waals surface area contributed by atoms with Crippen LogP contribution in [0, 0.1) is 11.8 Å². The molecular formula is C79H154O17P2. The minimum Gasteiger partial charge on any atom is -0.462 e. The summed E-state index contributed by atoms with van der Waals surface area (Å²) in [6.07, 6.45) is 60.1. The molecule has 0 aliphatic carbocycles. The van der Waals surface area contributed by atoms with Gasteiger partial charge in [-0.15, -0.1) is 0 Å². The molecule has 0 aromatic carbocycles. The monoisotopic (exact) mass is 1440 g/mol. The summed E-state index contributed by atoms with van der Waals surface area (Å²) in [5.74, 6) is -0.719. The number of carbonyl (C=O) groups excluding carboxylic acids is 4. The van der Waals surface area contributed by atoms with Crippen LogP contribution in [-0.4, -0.2) is 96.7 Å². The number of hydrogen-bond donors (Lipinski definition) is 3. The molecule has 0 heterocycles. The van der Waals surface area contributed by atoms with Crippen LogP contribution in [0.15, 0.2) is 0 Å². The second-order valence-electron chi connectivity index (χ2n) is 29.2. The van der Waals surface area contributed by atoms with Gasteiger partial charge in [-0.1, -0.05) is 363 Å². The summed E-state index contributed by atoms with van der Waals surface area (Å²) >= 11 is 0. The number of phosphoric acid groups is 2. The van der Waals surface area contributed by atoms with E-state index in [1.54, 1.807) is 0 Å². The van der Waals surface area contributed by atoms with Crippen LogP contribution in [0.25, 0.3) is 0 Å². The maximum Gasteiger partial charge on any atom is 0.472 e. The van der Waals surface area contributed by atoms with Gasteiger partial charge in [0.15, 0.2) is 12.2 Å². The molecular weight excluding hydrogens is 1280 g/mol.